The fourth-order valence-electron chi connectivity index (χ4n) is 12.4. The Kier molecular flexibility index (Phi) is 40.4. The number of nitrogens with zero attached hydrogens (tertiary/aromatic N) is 6. The number of ketones is 2. The molecule has 8 atom stereocenters. The van der Waals surface area contributed by atoms with Gasteiger partial charge in [-0.3, -0.25) is 81.4 Å². The van der Waals surface area contributed by atoms with Crippen molar-refractivity contribution in [1.82, 2.24) is 56.3 Å². The maximum absolute atomic E-state index is 17.2. The van der Waals surface area contributed by atoms with Crippen LogP contribution in [-0.4, -0.2) is 268 Å². The van der Waals surface area contributed by atoms with E-state index in [4.69, 9.17) is 15.3 Å². The number of rotatable bonds is 52. The third-order valence-electron chi connectivity index (χ3n) is 18.4. The third-order valence-corrected chi connectivity index (χ3v) is 28.4. The monoisotopic (exact) mass is 1620 g/mol. The van der Waals surface area contributed by atoms with Crippen LogP contribution in [0, 0.1) is 11.8 Å². The third kappa shape index (κ3) is 36.3. The van der Waals surface area contributed by atoms with Crippen LogP contribution >= 0.6 is 23.3 Å². The fourth-order valence-corrected chi connectivity index (χ4v) is 21.4. The molecule has 0 saturated carbocycles. The SMILES string of the molecule is CC(C)(C)[Si](F)(c1ccc(C(=O)NCC(C(=O)NC(CCCCNC(=O)CCC(=O)CCCCC(NC(=O)CC[C@H](CC(=O)C[C@@H](CCC(=O)O)C(=O)O)C(=O)O)C(=O)O)C(=O)O)n2cc(CNC(=O)CCP(=O)(O)CN3CCN(CPCCC(=O)O)CCN(CP(=O)(O)CCC(=O)O)CC3)nn2)cc1)C(C)(C)C. The number of carbonyl (C=O) groups excluding carboxylic acids is 7. The second kappa shape index (κ2) is 46.1. The minimum absolute atomic E-state index is 0.0286. The van der Waals surface area contributed by atoms with Crippen LogP contribution in [0.4, 0.5) is 4.11 Å². The summed E-state index contributed by atoms with van der Waals surface area (Å²) in [6.45, 7) is 12.0. The van der Waals surface area contributed by atoms with Gasteiger partial charge in [-0.2, -0.15) is 0 Å². The Morgan fingerprint density at radius 1 is 0.541 bits per heavy atom. The fraction of sp³-hybridized carbons (Fsp3) is 0.676. The summed E-state index contributed by atoms with van der Waals surface area (Å²) in [6.07, 6.45) is -3.46. The number of carboxylic acids is 7. The van der Waals surface area contributed by atoms with Crippen molar-refractivity contribution >= 4 is 120 Å². The number of benzene rings is 1. The minimum atomic E-state index is -4.08. The summed E-state index contributed by atoms with van der Waals surface area (Å²) in [4.78, 5) is 200. The summed E-state index contributed by atoms with van der Waals surface area (Å²) < 4.78 is 45.0. The molecule has 1 fully saturated rings. The van der Waals surface area contributed by atoms with E-state index >= 15 is 4.11 Å². The van der Waals surface area contributed by atoms with Crippen LogP contribution in [0.15, 0.2) is 30.5 Å². The number of aliphatic carboxylic acids is 7. The molecule has 3 rings (SSSR count). The number of unbranched alkanes of at least 4 members (excludes halogenated alkanes) is 2. The van der Waals surface area contributed by atoms with Crippen molar-refractivity contribution in [2.75, 3.05) is 89.7 Å². The van der Waals surface area contributed by atoms with Gasteiger partial charge >= 0.3 is 41.8 Å². The lowest BCUT2D eigenvalue weighted by atomic mass is 9.90. The molecule has 6 unspecified atom stereocenters. The van der Waals surface area contributed by atoms with Crippen LogP contribution < -0.4 is 31.8 Å². The van der Waals surface area contributed by atoms with E-state index in [9.17, 15) is 106 Å². The Labute approximate surface area is 634 Å². The van der Waals surface area contributed by atoms with Gasteiger partial charge in [0.25, 0.3) is 14.3 Å². The van der Waals surface area contributed by atoms with E-state index in [1.807, 2.05) is 46.4 Å². The second-order valence-electron chi connectivity index (χ2n) is 29.4. The van der Waals surface area contributed by atoms with Crippen molar-refractivity contribution in [2.45, 2.75) is 192 Å². The first kappa shape index (κ1) is 95.4. The highest BCUT2D eigenvalue weighted by molar-refractivity contribution is 7.58. The van der Waals surface area contributed by atoms with Crippen molar-refractivity contribution in [3.8, 4) is 0 Å². The molecule has 1 saturated heterocycles. The molecule has 1 aromatic heterocycles. The molecular weight excluding hydrogens is 1510 g/mol. The van der Waals surface area contributed by atoms with Crippen LogP contribution in [-0.2, 0) is 78.0 Å². The molecule has 0 bridgehead atoms. The number of aromatic nitrogens is 3. The number of halogens is 1. The van der Waals surface area contributed by atoms with Crippen molar-refractivity contribution in [1.29, 1.82) is 0 Å². The van der Waals surface area contributed by atoms with Gasteiger partial charge in [0, 0.05) is 134 Å². The predicted molar refractivity (Wildman–Crippen MR) is 398 cm³/mol. The molecule has 2 heterocycles. The summed E-state index contributed by atoms with van der Waals surface area (Å²) in [7, 11) is -11.5. The first-order chi connectivity index (χ1) is 50.8. The Morgan fingerprint density at radius 3 is 1.55 bits per heavy atom. The summed E-state index contributed by atoms with van der Waals surface area (Å²) >= 11 is 0. The zero-order chi connectivity index (χ0) is 82.0. The van der Waals surface area contributed by atoms with E-state index in [0.717, 1.165) is 4.68 Å². The molecule has 2 aromatic rings. The second-order valence-corrected chi connectivity index (χ2v) is 40.4. The highest BCUT2D eigenvalue weighted by Crippen LogP contribution is 2.51. The maximum atomic E-state index is 17.2. The summed E-state index contributed by atoms with van der Waals surface area (Å²) in [5.41, 5.74) is 0.181. The Morgan fingerprint density at radius 2 is 1.04 bits per heavy atom. The summed E-state index contributed by atoms with van der Waals surface area (Å²) in [6, 6.07) is 1.62. The van der Waals surface area contributed by atoms with E-state index < -0.39 is 204 Å². The maximum Gasteiger partial charge on any atom is 0.326 e. The number of hydrogen-bond acceptors (Lipinski definition) is 21. The number of carbonyl (C=O) groups is 14. The van der Waals surface area contributed by atoms with Crippen molar-refractivity contribution in [3.63, 3.8) is 0 Å². The lowest BCUT2D eigenvalue weighted by Gasteiger charge is -2.44. The summed E-state index contributed by atoms with van der Waals surface area (Å²) in [5, 5.41) is 85.8. The number of amides is 5. The Bertz CT molecular complexity index is 3550. The van der Waals surface area contributed by atoms with Gasteiger partial charge in [0.2, 0.25) is 38.4 Å². The first-order valence-corrected chi connectivity index (χ1v) is 43.4. The predicted octanol–water partition coefficient (Wildman–Crippen LogP) is 3.67. The summed E-state index contributed by atoms with van der Waals surface area (Å²) in [5.74, 6) is -16.7. The van der Waals surface area contributed by atoms with Crippen LogP contribution in [0.3, 0.4) is 0 Å². The molecule has 1 aliphatic heterocycles. The standard InChI is InChI=1S/C68H109FN11O25P3Si/c1-67(2,3)109(69,68(4,5)6)51-19-14-45(15-20-51)61(92)72-40-54(80-41-48(75-76-80)39-71-56(84)25-35-107(102,103)43-78-30-28-77(42-106-34-24-59(88)89)29-31-79(33-32-78)44-108(104,105)36-26-60(90)91)62(93)74-53(66(100)101)13-9-10-27-70-55(83)22-18-49(81)11-7-8-12-52(65(98)99)73-57(85)21-16-46(63(94)95)37-50(82)38-47(64(96)97)17-23-58(86)87/h14-15,19-20,41,46-47,52-54,106H,7-13,16-18,21-40,42-44H2,1-6H3,(H,70,83)(H,71,84)(H,72,92)(H,73,85)(H,74,93)(H,86,87)(H,88,89)(H,90,91)(H,94,95)(H,96,97)(H,98,99)(H,100,101)(H,102,103)(H,104,105)/t46-,47-,52?,53?,54?/m1/s1. The van der Waals surface area contributed by atoms with Crippen LogP contribution in [0.5, 0.6) is 0 Å². The molecule has 1 aromatic carbocycles. The van der Waals surface area contributed by atoms with E-state index in [1.165, 1.54) is 18.3 Å². The normalized spacial score (nSPS) is 16.1. The molecule has 109 heavy (non-hydrogen) atoms. The zero-order valence-corrected chi connectivity index (χ0v) is 66.4. The Hall–Kier alpha value is -7.82. The molecule has 36 nitrogen and oxygen atoms in total. The van der Waals surface area contributed by atoms with Crippen molar-refractivity contribution in [2.24, 2.45) is 11.8 Å². The molecular formula is C68H109FN11O25P3Si. The van der Waals surface area contributed by atoms with Crippen molar-refractivity contribution < 1.29 is 126 Å². The first-order valence-electron chi connectivity index (χ1n) is 36.0. The van der Waals surface area contributed by atoms with E-state index in [1.54, 1.807) is 21.9 Å². The van der Waals surface area contributed by atoms with Gasteiger partial charge in [-0.15, -0.1) is 13.7 Å². The number of Topliss-reactive ketones (excluding diaryl/α,β-unsaturated/α-hetero) is 2. The lowest BCUT2D eigenvalue weighted by Crippen LogP contribution is -2.57. The van der Waals surface area contributed by atoms with E-state index in [2.05, 4.69) is 36.9 Å². The number of carboxylic acid groups (broad SMARTS) is 7. The molecule has 0 aliphatic carbocycles. The largest absolute Gasteiger partial charge is 0.481 e. The molecule has 14 N–H and O–H groups in total. The van der Waals surface area contributed by atoms with E-state index in [-0.39, 0.29) is 135 Å². The smallest absolute Gasteiger partial charge is 0.326 e. The highest BCUT2D eigenvalue weighted by Gasteiger charge is 2.56. The van der Waals surface area contributed by atoms with Crippen LogP contribution in [0.25, 0.3) is 0 Å². The topological polar surface area (TPSA) is 556 Å². The molecule has 5 amide bonds. The lowest BCUT2D eigenvalue weighted by molar-refractivity contribution is -0.146. The van der Waals surface area contributed by atoms with Crippen LogP contribution in [0.1, 0.15) is 179 Å². The zero-order valence-electron chi connectivity index (χ0n) is 62.6. The van der Waals surface area contributed by atoms with Gasteiger partial charge in [0.1, 0.15) is 35.4 Å². The van der Waals surface area contributed by atoms with Gasteiger partial charge in [0.15, 0.2) is 0 Å². The minimum Gasteiger partial charge on any atom is -0.481 e. The molecule has 612 valence electrons. The molecule has 41 heteroatoms. The van der Waals surface area contributed by atoms with Gasteiger partial charge in [-0.05, 0) is 78.5 Å². The van der Waals surface area contributed by atoms with Crippen molar-refractivity contribution in [3.05, 3.63) is 41.7 Å². The average Bonchev–Trinajstić information content (AvgIpc) is 0.940. The quantitative estimate of drug-likeness (QED) is 0.0194. The highest BCUT2D eigenvalue weighted by atomic mass is 31.2. The molecule has 0 spiro atoms. The molecule has 1 aliphatic rings. The molecule has 0 radical (unpaired) electrons. The number of nitrogens with one attached hydrogen (secondary N) is 5. The van der Waals surface area contributed by atoms with Crippen LogP contribution in [0.2, 0.25) is 10.1 Å². The number of hydrogen-bond donors (Lipinski definition) is 14. The Balaban J connectivity index is 1.62. The van der Waals surface area contributed by atoms with Gasteiger partial charge in [0.05, 0.1) is 43.6 Å². The van der Waals surface area contributed by atoms with Gasteiger partial charge in [-0.25, -0.2) is 14.3 Å². The average molecular weight is 1620 g/mol. The van der Waals surface area contributed by atoms with Gasteiger partial charge in [-0.1, -0.05) is 65.3 Å². The van der Waals surface area contributed by atoms with Gasteiger partial charge < -0.3 is 76.2 Å². The van der Waals surface area contributed by atoms with E-state index in [0.29, 0.717) is 43.8 Å².